The van der Waals surface area contributed by atoms with E-state index in [2.05, 4.69) is 30.4 Å². The molecule has 0 spiro atoms. The zero-order valence-corrected chi connectivity index (χ0v) is 16.1. The quantitative estimate of drug-likeness (QED) is 0.678. The van der Waals surface area contributed by atoms with Crippen molar-refractivity contribution in [3.8, 4) is 11.3 Å². The lowest BCUT2D eigenvalue weighted by molar-refractivity contribution is 0.586. The van der Waals surface area contributed by atoms with Crippen molar-refractivity contribution in [3.05, 3.63) is 65.0 Å². The lowest BCUT2D eigenvalue weighted by Crippen LogP contribution is -2.11. The zero-order valence-electron chi connectivity index (χ0n) is 14.4. The lowest BCUT2D eigenvalue weighted by Gasteiger charge is -2.19. The second-order valence-electron chi connectivity index (χ2n) is 7.02. The van der Waals surface area contributed by atoms with Crippen molar-refractivity contribution in [2.75, 3.05) is 0 Å². The Labute approximate surface area is 152 Å². The number of rotatable bonds is 4. The fourth-order valence-electron chi connectivity index (χ4n) is 2.53. The molecule has 1 heterocycles. The van der Waals surface area contributed by atoms with Crippen LogP contribution in [0.2, 0.25) is 0 Å². The van der Waals surface area contributed by atoms with Gasteiger partial charge in [-0.3, -0.25) is 0 Å². The van der Waals surface area contributed by atoms with E-state index in [1.807, 2.05) is 41.8 Å². The molecule has 3 aromatic rings. The first-order chi connectivity index (χ1) is 11.8. The number of sulfone groups is 1. The molecule has 1 aromatic heterocycles. The largest absolute Gasteiger partial charge is 0.223 e. The van der Waals surface area contributed by atoms with E-state index in [4.69, 9.17) is 0 Å². The molecule has 25 heavy (non-hydrogen) atoms. The van der Waals surface area contributed by atoms with Gasteiger partial charge in [-0.05, 0) is 40.2 Å². The maximum atomic E-state index is 12.7. The standard InChI is InChI=1S/C19H20N2O2S2/c1-19(2,3)16-8-10-17(11-9-16)25(22,23)13-14-4-6-15(7-5-14)18-12-24-21-20-18/h4-12H,13H2,1-3H3. The van der Waals surface area contributed by atoms with Gasteiger partial charge in [0.2, 0.25) is 0 Å². The first kappa shape index (κ1) is 17.8. The Morgan fingerprint density at radius 1 is 0.960 bits per heavy atom. The summed E-state index contributed by atoms with van der Waals surface area (Å²) in [5.74, 6) is -0.0164. The van der Waals surface area contributed by atoms with Crippen LogP contribution in [0, 0.1) is 0 Å². The van der Waals surface area contributed by atoms with Gasteiger partial charge >= 0.3 is 0 Å². The Kier molecular flexibility index (Phi) is 4.75. The second-order valence-corrected chi connectivity index (χ2v) is 9.62. The maximum absolute atomic E-state index is 12.7. The molecule has 0 atom stereocenters. The molecule has 0 saturated heterocycles. The van der Waals surface area contributed by atoms with E-state index in [1.54, 1.807) is 12.1 Å². The monoisotopic (exact) mass is 372 g/mol. The van der Waals surface area contributed by atoms with Crippen molar-refractivity contribution in [3.63, 3.8) is 0 Å². The number of hydrogen-bond acceptors (Lipinski definition) is 5. The summed E-state index contributed by atoms with van der Waals surface area (Å²) in [5, 5.41) is 5.88. The summed E-state index contributed by atoms with van der Waals surface area (Å²) in [4.78, 5) is 0.355. The predicted molar refractivity (Wildman–Crippen MR) is 101 cm³/mol. The van der Waals surface area contributed by atoms with Crippen LogP contribution in [0.25, 0.3) is 11.3 Å². The SMILES string of the molecule is CC(C)(C)c1ccc(S(=O)(=O)Cc2ccc(-c3csnn3)cc2)cc1. The van der Waals surface area contributed by atoms with E-state index in [0.717, 1.165) is 22.4 Å². The molecule has 0 aliphatic carbocycles. The Balaban J connectivity index is 1.79. The molecule has 4 nitrogen and oxygen atoms in total. The smallest absolute Gasteiger partial charge is 0.182 e. The van der Waals surface area contributed by atoms with E-state index < -0.39 is 9.84 Å². The minimum absolute atomic E-state index is 0.00265. The highest BCUT2D eigenvalue weighted by molar-refractivity contribution is 7.90. The van der Waals surface area contributed by atoms with Crippen molar-refractivity contribution in [2.24, 2.45) is 0 Å². The molecule has 2 aromatic carbocycles. The van der Waals surface area contributed by atoms with E-state index in [-0.39, 0.29) is 11.2 Å². The molecule has 6 heteroatoms. The van der Waals surface area contributed by atoms with Crippen molar-refractivity contribution in [1.82, 2.24) is 9.59 Å². The van der Waals surface area contributed by atoms with Gasteiger partial charge in [0.25, 0.3) is 0 Å². The van der Waals surface area contributed by atoms with Crippen LogP contribution >= 0.6 is 11.5 Å². The van der Waals surface area contributed by atoms with Crippen molar-refractivity contribution >= 4 is 21.4 Å². The van der Waals surface area contributed by atoms with Crippen LogP contribution in [0.1, 0.15) is 31.9 Å². The van der Waals surface area contributed by atoms with E-state index in [0.29, 0.717) is 4.90 Å². The Morgan fingerprint density at radius 3 is 2.12 bits per heavy atom. The third-order valence-electron chi connectivity index (χ3n) is 4.05. The highest BCUT2D eigenvalue weighted by Gasteiger charge is 2.18. The fraction of sp³-hybridized carbons (Fsp3) is 0.263. The minimum atomic E-state index is -3.37. The van der Waals surface area contributed by atoms with Gasteiger partial charge in [0.05, 0.1) is 10.6 Å². The van der Waals surface area contributed by atoms with E-state index >= 15 is 0 Å². The molecule has 130 valence electrons. The maximum Gasteiger partial charge on any atom is 0.182 e. The van der Waals surface area contributed by atoms with Crippen molar-refractivity contribution < 1.29 is 8.42 Å². The van der Waals surface area contributed by atoms with Crippen LogP contribution < -0.4 is 0 Å². The van der Waals surface area contributed by atoms with Crippen LogP contribution in [0.3, 0.4) is 0 Å². The molecule has 3 rings (SSSR count). The van der Waals surface area contributed by atoms with Crippen LogP contribution in [0.15, 0.2) is 58.8 Å². The summed E-state index contributed by atoms with van der Waals surface area (Å²) in [5.41, 5.74) is 3.61. The molecule has 0 bridgehead atoms. The highest BCUT2D eigenvalue weighted by atomic mass is 32.2. The van der Waals surface area contributed by atoms with Gasteiger partial charge < -0.3 is 0 Å². The molecule has 0 radical (unpaired) electrons. The number of benzene rings is 2. The molecular formula is C19H20N2O2S2. The normalized spacial score (nSPS) is 12.3. The van der Waals surface area contributed by atoms with Crippen molar-refractivity contribution in [1.29, 1.82) is 0 Å². The summed E-state index contributed by atoms with van der Waals surface area (Å²) >= 11 is 1.29. The summed E-state index contributed by atoms with van der Waals surface area (Å²) < 4.78 is 29.2. The lowest BCUT2D eigenvalue weighted by atomic mass is 9.87. The molecule has 0 aliphatic heterocycles. The van der Waals surface area contributed by atoms with Gasteiger partial charge in [-0.1, -0.05) is 61.7 Å². The Bertz CT molecular complexity index is 938. The molecular weight excluding hydrogens is 352 g/mol. The van der Waals surface area contributed by atoms with Gasteiger partial charge in [-0.15, -0.1) is 5.10 Å². The highest BCUT2D eigenvalue weighted by Crippen LogP contribution is 2.25. The number of aromatic nitrogens is 2. The average molecular weight is 373 g/mol. The zero-order chi connectivity index (χ0) is 18.1. The first-order valence-corrected chi connectivity index (χ1v) is 10.4. The summed E-state index contributed by atoms with van der Waals surface area (Å²) in [6, 6.07) is 14.6. The van der Waals surface area contributed by atoms with Gasteiger partial charge in [0.1, 0.15) is 5.69 Å². The Hall–Kier alpha value is -2.05. The van der Waals surface area contributed by atoms with Crippen LogP contribution in [-0.4, -0.2) is 18.0 Å². The molecule has 0 saturated carbocycles. The number of hydrogen-bond donors (Lipinski definition) is 0. The molecule has 0 N–H and O–H groups in total. The Morgan fingerprint density at radius 2 is 1.60 bits per heavy atom. The van der Waals surface area contributed by atoms with E-state index in [9.17, 15) is 8.42 Å². The van der Waals surface area contributed by atoms with Gasteiger partial charge in [-0.2, -0.15) is 0 Å². The van der Waals surface area contributed by atoms with Crippen LogP contribution in [0.5, 0.6) is 0 Å². The second kappa shape index (κ2) is 6.69. The third-order valence-corrected chi connectivity index (χ3v) is 6.25. The van der Waals surface area contributed by atoms with E-state index in [1.165, 1.54) is 11.5 Å². The summed E-state index contributed by atoms with van der Waals surface area (Å²) in [6.07, 6.45) is 0. The number of nitrogens with zero attached hydrogens (tertiary/aromatic N) is 2. The van der Waals surface area contributed by atoms with Crippen LogP contribution in [-0.2, 0) is 21.0 Å². The molecule has 0 amide bonds. The molecule has 0 unspecified atom stereocenters. The fourth-order valence-corrected chi connectivity index (χ4v) is 4.34. The average Bonchev–Trinajstić information content (AvgIpc) is 3.09. The summed E-state index contributed by atoms with van der Waals surface area (Å²) in [6.45, 7) is 6.32. The van der Waals surface area contributed by atoms with Gasteiger partial charge in [0, 0.05) is 10.9 Å². The summed E-state index contributed by atoms with van der Waals surface area (Å²) in [7, 11) is -3.37. The minimum Gasteiger partial charge on any atom is -0.223 e. The van der Waals surface area contributed by atoms with Crippen molar-refractivity contribution in [2.45, 2.75) is 36.8 Å². The van der Waals surface area contributed by atoms with Gasteiger partial charge in [0.15, 0.2) is 9.84 Å². The topological polar surface area (TPSA) is 59.9 Å². The van der Waals surface area contributed by atoms with Gasteiger partial charge in [-0.25, -0.2) is 8.42 Å². The molecule has 0 aliphatic rings. The first-order valence-electron chi connectivity index (χ1n) is 7.95. The van der Waals surface area contributed by atoms with Crippen LogP contribution in [0.4, 0.5) is 0 Å². The third kappa shape index (κ3) is 4.14. The molecule has 0 fully saturated rings. The predicted octanol–water partition coefficient (Wildman–Crippen LogP) is 4.48.